The molecule has 0 spiro atoms. The Morgan fingerprint density at radius 2 is 1.95 bits per heavy atom. The quantitative estimate of drug-likeness (QED) is 0.513. The lowest BCUT2D eigenvalue weighted by Gasteiger charge is -2.25. The van der Waals surface area contributed by atoms with E-state index in [9.17, 15) is 4.79 Å². The van der Waals surface area contributed by atoms with Gasteiger partial charge in [0.1, 0.15) is 0 Å². The Balaban J connectivity index is 2.71. The molecule has 0 N–H and O–H groups in total. The van der Waals surface area contributed by atoms with E-state index in [1.165, 1.54) is 7.11 Å². The number of ether oxygens (including phenoxy) is 2. The van der Waals surface area contributed by atoms with Crippen LogP contribution in [0.4, 0.5) is 0 Å². The second-order valence-electron chi connectivity index (χ2n) is 4.58. The molecule has 1 unspecified atom stereocenters. The number of esters is 1. The minimum absolute atomic E-state index is 0.189. The molecule has 0 fully saturated rings. The van der Waals surface area contributed by atoms with E-state index in [0.29, 0.717) is 13.2 Å². The Bertz CT molecular complexity index is 381. The average Bonchev–Trinajstić information content (AvgIpc) is 2.51. The lowest BCUT2D eigenvalue weighted by atomic mass is 9.98. The Hall–Kier alpha value is -1.39. The number of carbonyl (C=O) groups is 1. The average molecular weight is 279 g/mol. The Labute approximate surface area is 121 Å². The SMILES string of the molecule is CCOCCN(CC)CC(C(=O)OC)c1ccccc1. The van der Waals surface area contributed by atoms with Crippen molar-refractivity contribution < 1.29 is 14.3 Å². The van der Waals surface area contributed by atoms with Gasteiger partial charge in [0, 0.05) is 19.7 Å². The maximum Gasteiger partial charge on any atom is 0.314 e. The van der Waals surface area contributed by atoms with Gasteiger partial charge in [0.25, 0.3) is 0 Å². The number of carbonyl (C=O) groups excluding carboxylic acids is 1. The van der Waals surface area contributed by atoms with Crippen LogP contribution in [0.15, 0.2) is 30.3 Å². The van der Waals surface area contributed by atoms with Crippen LogP contribution in [0.25, 0.3) is 0 Å². The summed E-state index contributed by atoms with van der Waals surface area (Å²) in [5, 5.41) is 0. The third-order valence-electron chi connectivity index (χ3n) is 3.33. The molecule has 0 saturated heterocycles. The molecule has 4 nitrogen and oxygen atoms in total. The van der Waals surface area contributed by atoms with E-state index in [0.717, 1.165) is 25.3 Å². The largest absolute Gasteiger partial charge is 0.469 e. The molecule has 0 aliphatic heterocycles. The van der Waals surface area contributed by atoms with E-state index in [1.54, 1.807) is 0 Å². The van der Waals surface area contributed by atoms with Crippen molar-refractivity contribution in [3.05, 3.63) is 35.9 Å². The smallest absolute Gasteiger partial charge is 0.314 e. The molecule has 1 rings (SSSR count). The monoisotopic (exact) mass is 279 g/mol. The highest BCUT2D eigenvalue weighted by Crippen LogP contribution is 2.18. The number of hydrogen-bond acceptors (Lipinski definition) is 4. The van der Waals surface area contributed by atoms with Gasteiger partial charge in [-0.1, -0.05) is 37.3 Å². The van der Waals surface area contributed by atoms with Crippen molar-refractivity contribution >= 4 is 5.97 Å². The molecule has 0 bridgehead atoms. The third kappa shape index (κ3) is 5.31. The molecule has 0 radical (unpaired) electrons. The molecule has 20 heavy (non-hydrogen) atoms. The third-order valence-corrected chi connectivity index (χ3v) is 3.33. The molecule has 0 aliphatic rings. The Morgan fingerprint density at radius 1 is 1.25 bits per heavy atom. The molecule has 0 amide bonds. The van der Waals surface area contributed by atoms with E-state index in [-0.39, 0.29) is 11.9 Å². The fourth-order valence-electron chi connectivity index (χ4n) is 2.12. The maximum atomic E-state index is 12.0. The summed E-state index contributed by atoms with van der Waals surface area (Å²) < 4.78 is 10.3. The fraction of sp³-hybridized carbons (Fsp3) is 0.562. The molecular formula is C16H25NO3. The van der Waals surface area contributed by atoms with Crippen LogP contribution >= 0.6 is 0 Å². The molecule has 0 aromatic heterocycles. The van der Waals surface area contributed by atoms with Crippen LogP contribution in [-0.4, -0.2) is 50.8 Å². The number of benzene rings is 1. The summed E-state index contributed by atoms with van der Waals surface area (Å²) in [6, 6.07) is 9.78. The zero-order chi connectivity index (χ0) is 14.8. The lowest BCUT2D eigenvalue weighted by Crippen LogP contribution is -2.34. The summed E-state index contributed by atoms with van der Waals surface area (Å²) in [5.41, 5.74) is 0.995. The molecule has 0 heterocycles. The van der Waals surface area contributed by atoms with E-state index in [2.05, 4.69) is 11.8 Å². The molecule has 112 valence electrons. The predicted molar refractivity (Wildman–Crippen MR) is 79.8 cm³/mol. The van der Waals surface area contributed by atoms with Crippen LogP contribution in [0.2, 0.25) is 0 Å². The van der Waals surface area contributed by atoms with Crippen LogP contribution in [0, 0.1) is 0 Å². The van der Waals surface area contributed by atoms with Crippen LogP contribution < -0.4 is 0 Å². The second-order valence-corrected chi connectivity index (χ2v) is 4.58. The summed E-state index contributed by atoms with van der Waals surface area (Å²) in [4.78, 5) is 14.2. The highest BCUT2D eigenvalue weighted by atomic mass is 16.5. The fourth-order valence-corrected chi connectivity index (χ4v) is 2.12. The number of hydrogen-bond donors (Lipinski definition) is 0. The summed E-state index contributed by atoms with van der Waals surface area (Å²) in [7, 11) is 1.44. The van der Waals surface area contributed by atoms with E-state index in [1.807, 2.05) is 37.3 Å². The summed E-state index contributed by atoms with van der Waals surface area (Å²) in [5.74, 6) is -0.436. The highest BCUT2D eigenvalue weighted by molar-refractivity contribution is 5.78. The molecule has 1 atom stereocenters. The Morgan fingerprint density at radius 3 is 2.50 bits per heavy atom. The highest BCUT2D eigenvalue weighted by Gasteiger charge is 2.23. The molecule has 1 aromatic rings. The van der Waals surface area contributed by atoms with Gasteiger partial charge in [0.15, 0.2) is 0 Å². The van der Waals surface area contributed by atoms with Crippen LogP contribution in [0.3, 0.4) is 0 Å². The van der Waals surface area contributed by atoms with Crippen molar-refractivity contribution in [1.29, 1.82) is 0 Å². The maximum absolute atomic E-state index is 12.0. The van der Waals surface area contributed by atoms with Gasteiger partial charge in [-0.05, 0) is 19.0 Å². The standard InChI is InChI=1S/C16H25NO3/c1-4-17(11-12-20-5-2)13-15(16(18)19-3)14-9-7-6-8-10-14/h6-10,15H,4-5,11-13H2,1-3H3. The molecule has 4 heteroatoms. The molecule has 0 aliphatic carbocycles. The first-order valence-electron chi connectivity index (χ1n) is 7.15. The topological polar surface area (TPSA) is 38.8 Å². The molecule has 0 saturated carbocycles. The number of nitrogens with zero attached hydrogens (tertiary/aromatic N) is 1. The van der Waals surface area contributed by atoms with E-state index < -0.39 is 0 Å². The number of methoxy groups -OCH3 is 1. The summed E-state index contributed by atoms with van der Waals surface area (Å²) in [6.45, 7) is 7.84. The van der Waals surface area contributed by atoms with Gasteiger partial charge in [0.2, 0.25) is 0 Å². The van der Waals surface area contributed by atoms with Gasteiger partial charge < -0.3 is 14.4 Å². The van der Waals surface area contributed by atoms with Gasteiger partial charge in [-0.3, -0.25) is 4.79 Å². The van der Waals surface area contributed by atoms with Crippen molar-refractivity contribution in [2.45, 2.75) is 19.8 Å². The van der Waals surface area contributed by atoms with Crippen molar-refractivity contribution in [2.75, 3.05) is 40.0 Å². The van der Waals surface area contributed by atoms with Crippen LogP contribution in [0.1, 0.15) is 25.3 Å². The normalized spacial score (nSPS) is 12.4. The van der Waals surface area contributed by atoms with E-state index >= 15 is 0 Å². The van der Waals surface area contributed by atoms with Gasteiger partial charge in [-0.2, -0.15) is 0 Å². The second kappa shape index (κ2) is 9.50. The van der Waals surface area contributed by atoms with Crippen molar-refractivity contribution in [2.24, 2.45) is 0 Å². The lowest BCUT2D eigenvalue weighted by molar-refractivity contribution is -0.143. The van der Waals surface area contributed by atoms with Crippen LogP contribution in [-0.2, 0) is 14.3 Å². The summed E-state index contributed by atoms with van der Waals surface area (Å²) >= 11 is 0. The zero-order valence-electron chi connectivity index (χ0n) is 12.7. The van der Waals surface area contributed by atoms with Crippen molar-refractivity contribution in [3.63, 3.8) is 0 Å². The minimum atomic E-state index is -0.247. The summed E-state index contributed by atoms with van der Waals surface area (Å²) in [6.07, 6.45) is 0. The van der Waals surface area contributed by atoms with Gasteiger partial charge in [-0.15, -0.1) is 0 Å². The zero-order valence-corrected chi connectivity index (χ0v) is 12.7. The Kier molecular flexibility index (Phi) is 7.92. The molecule has 1 aromatic carbocycles. The van der Waals surface area contributed by atoms with Crippen molar-refractivity contribution in [3.8, 4) is 0 Å². The van der Waals surface area contributed by atoms with E-state index in [4.69, 9.17) is 9.47 Å². The number of rotatable bonds is 9. The first-order chi connectivity index (χ1) is 9.72. The molecular weight excluding hydrogens is 254 g/mol. The van der Waals surface area contributed by atoms with Crippen molar-refractivity contribution in [1.82, 2.24) is 4.90 Å². The van der Waals surface area contributed by atoms with Crippen LogP contribution in [0.5, 0.6) is 0 Å². The number of likely N-dealkylation sites (N-methyl/N-ethyl adjacent to an activating group) is 1. The van der Waals surface area contributed by atoms with Gasteiger partial charge >= 0.3 is 5.97 Å². The van der Waals surface area contributed by atoms with Gasteiger partial charge in [0.05, 0.1) is 19.6 Å². The van der Waals surface area contributed by atoms with Gasteiger partial charge in [-0.25, -0.2) is 0 Å². The first-order valence-corrected chi connectivity index (χ1v) is 7.15. The predicted octanol–water partition coefficient (Wildman–Crippen LogP) is 2.30. The minimum Gasteiger partial charge on any atom is -0.469 e. The first kappa shape index (κ1) is 16.7.